The number of amides is 2. The highest BCUT2D eigenvalue weighted by atomic mass is 79.9. The lowest BCUT2D eigenvalue weighted by molar-refractivity contribution is -0.123. The van der Waals surface area contributed by atoms with Gasteiger partial charge in [0.05, 0.1) is 5.02 Å². The standard InChI is InChI=1S/C13H14BrClN2O2/c14-9-7-8(4-5-10(9)15)13(19)17-6-2-1-3-11(17)12(16)18/h4-5,7,11H,1-3,6H2,(H2,16,18). The highest BCUT2D eigenvalue weighted by Crippen LogP contribution is 2.25. The molecule has 0 bridgehead atoms. The topological polar surface area (TPSA) is 63.4 Å². The van der Waals surface area contributed by atoms with Crippen molar-refractivity contribution in [2.24, 2.45) is 5.73 Å². The van der Waals surface area contributed by atoms with Gasteiger partial charge in [0.15, 0.2) is 0 Å². The van der Waals surface area contributed by atoms with Crippen LogP contribution in [0.15, 0.2) is 22.7 Å². The van der Waals surface area contributed by atoms with Gasteiger partial charge in [0, 0.05) is 16.6 Å². The molecule has 1 fully saturated rings. The number of carbonyl (C=O) groups is 2. The first kappa shape index (κ1) is 14.3. The van der Waals surface area contributed by atoms with Gasteiger partial charge >= 0.3 is 0 Å². The zero-order valence-corrected chi connectivity index (χ0v) is 12.6. The molecule has 1 aromatic rings. The average molecular weight is 346 g/mol. The molecule has 1 aliphatic rings. The van der Waals surface area contributed by atoms with Crippen molar-refractivity contribution in [3.8, 4) is 0 Å². The van der Waals surface area contributed by atoms with E-state index in [1.807, 2.05) is 0 Å². The number of nitrogens with two attached hydrogens (primary N) is 1. The predicted octanol–water partition coefficient (Wildman–Crippen LogP) is 2.58. The van der Waals surface area contributed by atoms with Gasteiger partial charge in [0.2, 0.25) is 5.91 Å². The monoisotopic (exact) mass is 344 g/mol. The van der Waals surface area contributed by atoms with Crippen LogP contribution in [0, 0.1) is 0 Å². The van der Waals surface area contributed by atoms with Crippen LogP contribution in [0.2, 0.25) is 5.02 Å². The van der Waals surface area contributed by atoms with Gasteiger partial charge in [0.1, 0.15) is 6.04 Å². The number of hydrogen-bond donors (Lipinski definition) is 1. The number of benzene rings is 1. The van der Waals surface area contributed by atoms with E-state index in [4.69, 9.17) is 17.3 Å². The van der Waals surface area contributed by atoms with Crippen molar-refractivity contribution in [1.82, 2.24) is 4.90 Å². The molecule has 6 heteroatoms. The van der Waals surface area contributed by atoms with Crippen LogP contribution >= 0.6 is 27.5 Å². The SMILES string of the molecule is NC(=O)C1CCCCN1C(=O)c1ccc(Cl)c(Br)c1. The average Bonchev–Trinajstić information content (AvgIpc) is 2.41. The summed E-state index contributed by atoms with van der Waals surface area (Å²) in [5.74, 6) is -0.623. The van der Waals surface area contributed by atoms with Crippen molar-refractivity contribution in [2.45, 2.75) is 25.3 Å². The fourth-order valence-corrected chi connectivity index (χ4v) is 2.76. The lowest BCUT2D eigenvalue weighted by Crippen LogP contribution is -2.50. The second kappa shape index (κ2) is 5.92. The van der Waals surface area contributed by atoms with E-state index in [1.165, 1.54) is 0 Å². The van der Waals surface area contributed by atoms with Gasteiger partial charge in [-0.2, -0.15) is 0 Å². The number of rotatable bonds is 2. The van der Waals surface area contributed by atoms with Crippen molar-refractivity contribution in [3.63, 3.8) is 0 Å². The zero-order chi connectivity index (χ0) is 14.0. The van der Waals surface area contributed by atoms with Crippen molar-refractivity contribution >= 4 is 39.3 Å². The molecule has 0 aromatic heterocycles. The van der Waals surface area contributed by atoms with Crippen LogP contribution < -0.4 is 5.73 Å². The second-order valence-electron chi connectivity index (χ2n) is 4.54. The molecule has 0 spiro atoms. The van der Waals surface area contributed by atoms with Crippen LogP contribution in [0.1, 0.15) is 29.6 Å². The molecule has 1 saturated heterocycles. The third-order valence-electron chi connectivity index (χ3n) is 3.26. The van der Waals surface area contributed by atoms with Crippen molar-refractivity contribution in [3.05, 3.63) is 33.3 Å². The fraction of sp³-hybridized carbons (Fsp3) is 0.385. The Balaban J connectivity index is 2.26. The lowest BCUT2D eigenvalue weighted by atomic mass is 10.0. The summed E-state index contributed by atoms with van der Waals surface area (Å²) in [7, 11) is 0. The van der Waals surface area contributed by atoms with Crippen LogP contribution in [0.3, 0.4) is 0 Å². The largest absolute Gasteiger partial charge is 0.368 e. The summed E-state index contributed by atoms with van der Waals surface area (Å²) in [4.78, 5) is 25.4. The molecular weight excluding hydrogens is 332 g/mol. The van der Waals surface area contributed by atoms with Crippen molar-refractivity contribution < 1.29 is 9.59 Å². The molecule has 2 N–H and O–H groups in total. The Kier molecular flexibility index (Phi) is 4.47. The first-order valence-electron chi connectivity index (χ1n) is 6.06. The van der Waals surface area contributed by atoms with Crippen LogP contribution in [0.25, 0.3) is 0 Å². The minimum absolute atomic E-state index is 0.180. The van der Waals surface area contributed by atoms with Crippen LogP contribution in [0.5, 0.6) is 0 Å². The molecule has 2 rings (SSSR count). The van der Waals surface area contributed by atoms with Gasteiger partial charge in [-0.15, -0.1) is 0 Å². The molecule has 0 radical (unpaired) electrons. The summed E-state index contributed by atoms with van der Waals surface area (Å²) in [5.41, 5.74) is 5.87. The summed E-state index contributed by atoms with van der Waals surface area (Å²) < 4.78 is 0.660. The summed E-state index contributed by atoms with van der Waals surface area (Å²) in [6, 6.07) is 4.47. The molecule has 1 aliphatic heterocycles. The molecule has 19 heavy (non-hydrogen) atoms. The zero-order valence-electron chi connectivity index (χ0n) is 10.2. The van der Waals surface area contributed by atoms with E-state index in [2.05, 4.69) is 15.9 Å². The lowest BCUT2D eigenvalue weighted by Gasteiger charge is -2.33. The van der Waals surface area contributed by atoms with E-state index in [0.717, 1.165) is 12.8 Å². The van der Waals surface area contributed by atoms with Gasteiger partial charge in [-0.1, -0.05) is 11.6 Å². The molecule has 2 amide bonds. The summed E-state index contributed by atoms with van der Waals surface area (Å²) in [6.07, 6.45) is 2.45. The normalized spacial score (nSPS) is 19.3. The molecule has 1 atom stereocenters. The van der Waals surface area contributed by atoms with Gasteiger partial charge in [-0.05, 0) is 53.4 Å². The highest BCUT2D eigenvalue weighted by Gasteiger charge is 2.31. The molecule has 0 aliphatic carbocycles. The molecule has 1 heterocycles. The van der Waals surface area contributed by atoms with Gasteiger partial charge in [0.25, 0.3) is 5.91 Å². The maximum absolute atomic E-state index is 12.4. The van der Waals surface area contributed by atoms with E-state index in [0.29, 0.717) is 28.0 Å². The van der Waals surface area contributed by atoms with Crippen LogP contribution in [-0.4, -0.2) is 29.3 Å². The fourth-order valence-electron chi connectivity index (χ4n) is 2.27. The number of hydrogen-bond acceptors (Lipinski definition) is 2. The van der Waals surface area contributed by atoms with E-state index in [-0.39, 0.29) is 5.91 Å². The first-order valence-corrected chi connectivity index (χ1v) is 7.23. The van der Waals surface area contributed by atoms with Crippen molar-refractivity contribution in [2.75, 3.05) is 6.54 Å². The minimum atomic E-state index is -0.504. The number of nitrogens with zero attached hydrogens (tertiary/aromatic N) is 1. The number of likely N-dealkylation sites (tertiary alicyclic amines) is 1. The van der Waals surface area contributed by atoms with E-state index in [9.17, 15) is 9.59 Å². The van der Waals surface area contributed by atoms with E-state index in [1.54, 1.807) is 23.1 Å². The molecule has 1 aromatic carbocycles. The molecule has 102 valence electrons. The molecule has 4 nitrogen and oxygen atoms in total. The predicted molar refractivity (Wildman–Crippen MR) is 77.0 cm³/mol. The Morgan fingerprint density at radius 2 is 2.11 bits per heavy atom. The smallest absolute Gasteiger partial charge is 0.254 e. The number of piperidine rings is 1. The maximum Gasteiger partial charge on any atom is 0.254 e. The minimum Gasteiger partial charge on any atom is -0.368 e. The summed E-state index contributed by atoms with van der Waals surface area (Å²) in [5, 5.41) is 0.543. The number of primary amides is 1. The molecule has 0 saturated carbocycles. The Bertz CT molecular complexity index is 521. The molecular formula is C13H14BrClN2O2. The quantitative estimate of drug-likeness (QED) is 0.895. The highest BCUT2D eigenvalue weighted by molar-refractivity contribution is 9.10. The van der Waals surface area contributed by atoms with E-state index < -0.39 is 11.9 Å². The van der Waals surface area contributed by atoms with Crippen LogP contribution in [-0.2, 0) is 4.79 Å². The number of carbonyl (C=O) groups excluding carboxylic acids is 2. The van der Waals surface area contributed by atoms with Gasteiger partial charge in [-0.25, -0.2) is 0 Å². The third-order valence-corrected chi connectivity index (χ3v) is 4.47. The maximum atomic E-state index is 12.4. The summed E-state index contributed by atoms with van der Waals surface area (Å²) in [6.45, 7) is 0.562. The third kappa shape index (κ3) is 3.09. The Labute approximate surface area is 125 Å². The first-order chi connectivity index (χ1) is 9.00. The Hall–Kier alpha value is -1.07. The van der Waals surface area contributed by atoms with E-state index >= 15 is 0 Å². The number of halogens is 2. The molecule has 1 unspecified atom stereocenters. The van der Waals surface area contributed by atoms with Crippen LogP contribution in [0.4, 0.5) is 0 Å². The Morgan fingerprint density at radius 1 is 1.37 bits per heavy atom. The Morgan fingerprint density at radius 3 is 2.74 bits per heavy atom. The van der Waals surface area contributed by atoms with Gasteiger partial charge in [-0.3, -0.25) is 9.59 Å². The van der Waals surface area contributed by atoms with Gasteiger partial charge < -0.3 is 10.6 Å². The van der Waals surface area contributed by atoms with Crippen molar-refractivity contribution in [1.29, 1.82) is 0 Å². The second-order valence-corrected chi connectivity index (χ2v) is 5.80. The summed E-state index contributed by atoms with van der Waals surface area (Å²) >= 11 is 9.19.